The maximum Gasteiger partial charge on any atom is 0.141 e. The summed E-state index contributed by atoms with van der Waals surface area (Å²) in [5.74, 6) is -0.00380. The number of aliphatic hydroxyl groups is 1. The van der Waals surface area contributed by atoms with Crippen molar-refractivity contribution in [2.24, 2.45) is 11.0 Å². The molecule has 1 fully saturated rings. The number of azide groups is 1. The maximum atomic E-state index is 8.70. The van der Waals surface area contributed by atoms with Gasteiger partial charge < -0.3 is 9.84 Å². The van der Waals surface area contributed by atoms with Crippen molar-refractivity contribution in [3.63, 3.8) is 0 Å². The van der Waals surface area contributed by atoms with Gasteiger partial charge in [0.25, 0.3) is 0 Å². The number of hydrogen-bond acceptors (Lipinski definition) is 3. The Balaban J connectivity index is 2.49. The monoisotopic (exact) mass is 143 g/mol. The summed E-state index contributed by atoms with van der Waals surface area (Å²) in [6.45, 7) is 0.610. The quantitative estimate of drug-likeness (QED) is 0.350. The van der Waals surface area contributed by atoms with Crippen LogP contribution in [-0.4, -0.2) is 24.5 Å². The minimum atomic E-state index is -0.449. The Morgan fingerprint density at radius 2 is 2.60 bits per heavy atom. The van der Waals surface area contributed by atoms with Gasteiger partial charge >= 0.3 is 0 Å². The first-order valence-electron chi connectivity index (χ1n) is 3.15. The molecule has 1 aliphatic heterocycles. The lowest BCUT2D eigenvalue weighted by Crippen LogP contribution is -2.15. The van der Waals surface area contributed by atoms with E-state index < -0.39 is 6.23 Å². The van der Waals surface area contributed by atoms with Crippen LogP contribution in [-0.2, 0) is 4.74 Å². The number of aliphatic hydroxyl groups excluding tert-OH is 1. The second kappa shape index (κ2) is 3.41. The van der Waals surface area contributed by atoms with Gasteiger partial charge in [0.05, 0.1) is 0 Å². The van der Waals surface area contributed by atoms with Crippen LogP contribution >= 0.6 is 0 Å². The zero-order valence-electron chi connectivity index (χ0n) is 5.47. The Kier molecular flexibility index (Phi) is 2.50. The Labute approximate surface area is 58.2 Å². The van der Waals surface area contributed by atoms with Gasteiger partial charge in [-0.15, -0.1) is 0 Å². The molecular formula is C5H9N3O2. The van der Waals surface area contributed by atoms with Crippen LogP contribution < -0.4 is 0 Å². The normalized spacial score (nSPS) is 31.7. The van der Waals surface area contributed by atoms with E-state index in [1.54, 1.807) is 0 Å². The van der Waals surface area contributed by atoms with E-state index in [0.29, 0.717) is 6.61 Å². The number of nitrogens with zero attached hydrogens (tertiary/aromatic N) is 3. The van der Waals surface area contributed by atoms with Crippen molar-refractivity contribution < 1.29 is 9.84 Å². The first-order chi connectivity index (χ1) is 4.88. The Bertz CT molecular complexity index is 155. The van der Waals surface area contributed by atoms with Gasteiger partial charge in [-0.2, -0.15) is 0 Å². The summed E-state index contributed by atoms with van der Waals surface area (Å²) in [5.41, 5.74) is 8.04. The van der Waals surface area contributed by atoms with Crippen LogP contribution in [0, 0.1) is 5.92 Å². The van der Waals surface area contributed by atoms with Crippen LogP contribution in [0.15, 0.2) is 5.11 Å². The lowest BCUT2D eigenvalue weighted by molar-refractivity contribution is 0.0776. The molecule has 1 rings (SSSR count). The van der Waals surface area contributed by atoms with E-state index in [-0.39, 0.29) is 12.5 Å². The molecule has 0 radical (unpaired) electrons. The lowest BCUT2D eigenvalue weighted by Gasteiger charge is -2.08. The molecule has 1 heterocycles. The Morgan fingerprint density at radius 3 is 3.20 bits per heavy atom. The first-order valence-corrected chi connectivity index (χ1v) is 3.15. The molecule has 5 heteroatoms. The lowest BCUT2D eigenvalue weighted by atomic mass is 10.1. The number of rotatable bonds is 2. The van der Waals surface area contributed by atoms with E-state index in [4.69, 9.17) is 15.4 Å². The Morgan fingerprint density at radius 1 is 1.80 bits per heavy atom. The predicted molar refractivity (Wildman–Crippen MR) is 34.1 cm³/mol. The third kappa shape index (κ3) is 1.39. The summed E-state index contributed by atoms with van der Waals surface area (Å²) in [7, 11) is 0. The highest BCUT2D eigenvalue weighted by molar-refractivity contribution is 4.73. The zero-order valence-corrected chi connectivity index (χ0v) is 5.47. The van der Waals surface area contributed by atoms with Gasteiger partial charge in [0.1, 0.15) is 6.23 Å². The fourth-order valence-corrected chi connectivity index (χ4v) is 0.979. The molecule has 0 spiro atoms. The summed E-state index contributed by atoms with van der Waals surface area (Å²) in [6.07, 6.45) is 0.329. The number of hydrogen-bond donors (Lipinski definition) is 1. The van der Waals surface area contributed by atoms with Crippen LogP contribution in [0.5, 0.6) is 0 Å². The van der Waals surface area contributed by atoms with Crippen molar-refractivity contribution >= 4 is 0 Å². The SMILES string of the molecule is [N-]=[N+]=N[C@@H]1OCC[C@H]1CO. The molecule has 0 bridgehead atoms. The fraction of sp³-hybridized carbons (Fsp3) is 1.00. The zero-order chi connectivity index (χ0) is 7.40. The first kappa shape index (κ1) is 7.34. The fourth-order valence-electron chi connectivity index (χ4n) is 0.979. The predicted octanol–water partition coefficient (Wildman–Crippen LogP) is 0.652. The van der Waals surface area contributed by atoms with Gasteiger partial charge in [0.15, 0.2) is 0 Å². The van der Waals surface area contributed by atoms with Crippen LogP contribution in [0.3, 0.4) is 0 Å². The smallest absolute Gasteiger partial charge is 0.141 e. The van der Waals surface area contributed by atoms with Crippen LogP contribution in [0.4, 0.5) is 0 Å². The molecule has 0 unspecified atom stereocenters. The second-order valence-electron chi connectivity index (χ2n) is 2.20. The molecule has 0 saturated carbocycles. The molecule has 5 nitrogen and oxygen atoms in total. The van der Waals surface area contributed by atoms with E-state index in [9.17, 15) is 0 Å². The van der Waals surface area contributed by atoms with E-state index in [1.165, 1.54) is 0 Å². The molecule has 56 valence electrons. The molecule has 1 aliphatic rings. The molecule has 0 amide bonds. The minimum Gasteiger partial charge on any atom is -0.396 e. The van der Waals surface area contributed by atoms with Crippen molar-refractivity contribution in [3.8, 4) is 0 Å². The van der Waals surface area contributed by atoms with E-state index in [0.717, 1.165) is 6.42 Å². The average molecular weight is 143 g/mol. The molecule has 0 aliphatic carbocycles. The van der Waals surface area contributed by atoms with Crippen molar-refractivity contribution in [2.45, 2.75) is 12.6 Å². The highest BCUT2D eigenvalue weighted by Gasteiger charge is 2.25. The van der Waals surface area contributed by atoms with Crippen LogP contribution in [0.25, 0.3) is 10.4 Å². The summed E-state index contributed by atoms with van der Waals surface area (Å²) in [6, 6.07) is 0. The topological polar surface area (TPSA) is 78.2 Å². The van der Waals surface area contributed by atoms with Gasteiger partial charge in [-0.3, -0.25) is 0 Å². The van der Waals surface area contributed by atoms with Gasteiger partial charge in [0, 0.05) is 24.0 Å². The molecule has 1 N–H and O–H groups in total. The third-order valence-corrected chi connectivity index (χ3v) is 1.58. The molecule has 0 aromatic heterocycles. The van der Waals surface area contributed by atoms with Gasteiger partial charge in [-0.25, -0.2) is 0 Å². The number of ether oxygens (including phenoxy) is 1. The molecule has 0 aromatic carbocycles. The molecule has 2 atom stereocenters. The maximum absolute atomic E-state index is 8.70. The van der Waals surface area contributed by atoms with Crippen LogP contribution in [0.1, 0.15) is 6.42 Å². The summed E-state index contributed by atoms with van der Waals surface area (Å²) in [4.78, 5) is 2.60. The van der Waals surface area contributed by atoms with E-state index in [2.05, 4.69) is 10.0 Å². The van der Waals surface area contributed by atoms with Gasteiger partial charge in [-0.1, -0.05) is 5.11 Å². The van der Waals surface area contributed by atoms with E-state index >= 15 is 0 Å². The highest BCUT2D eigenvalue weighted by Crippen LogP contribution is 2.20. The van der Waals surface area contributed by atoms with Crippen molar-refractivity contribution in [1.29, 1.82) is 0 Å². The summed E-state index contributed by atoms with van der Waals surface area (Å²) in [5, 5.41) is 12.1. The standard InChI is InChI=1S/C5H9N3O2/c6-8-7-5-4(3-9)1-2-10-5/h4-5,9H,1-3H2/t4-,5+/m0/s1. The van der Waals surface area contributed by atoms with Crippen LogP contribution in [0.2, 0.25) is 0 Å². The van der Waals surface area contributed by atoms with Crippen molar-refractivity contribution in [3.05, 3.63) is 10.4 Å². The van der Waals surface area contributed by atoms with Gasteiger partial charge in [0.2, 0.25) is 0 Å². The highest BCUT2D eigenvalue weighted by atomic mass is 16.5. The molecule has 10 heavy (non-hydrogen) atoms. The molecule has 1 saturated heterocycles. The second-order valence-corrected chi connectivity index (χ2v) is 2.20. The van der Waals surface area contributed by atoms with Gasteiger partial charge in [-0.05, 0) is 12.0 Å². The average Bonchev–Trinajstić information content (AvgIpc) is 2.36. The Hall–Kier alpha value is -0.770. The largest absolute Gasteiger partial charge is 0.396 e. The minimum absolute atomic E-state index is 0.00380. The molecular weight excluding hydrogens is 134 g/mol. The van der Waals surface area contributed by atoms with Crippen molar-refractivity contribution in [2.75, 3.05) is 13.2 Å². The summed E-state index contributed by atoms with van der Waals surface area (Å²) >= 11 is 0. The van der Waals surface area contributed by atoms with E-state index in [1.807, 2.05) is 0 Å². The third-order valence-electron chi connectivity index (χ3n) is 1.58. The summed E-state index contributed by atoms with van der Waals surface area (Å²) < 4.78 is 5.02. The molecule has 0 aromatic rings. The van der Waals surface area contributed by atoms with Crippen molar-refractivity contribution in [1.82, 2.24) is 0 Å².